The van der Waals surface area contributed by atoms with E-state index in [-0.39, 0.29) is 5.91 Å². The summed E-state index contributed by atoms with van der Waals surface area (Å²) in [4.78, 5) is 18.7. The van der Waals surface area contributed by atoms with Gasteiger partial charge in [-0.3, -0.25) is 9.69 Å². The third-order valence-electron chi connectivity index (χ3n) is 3.70. The average molecular weight is 306 g/mol. The Morgan fingerprint density at radius 3 is 2.23 bits per heavy atom. The lowest BCUT2D eigenvalue weighted by atomic mass is 10.1. The standard InChI is InChI=1S/C19H34N2O/c1-7-11-12-16(5)13-14-20-19(17(6)9-3)21(15-8-2)18(22)10-4/h13-14H,7-12,15H2,1-6H3/b16-13+,19-17-,20-14-. The highest BCUT2D eigenvalue weighted by atomic mass is 16.2. The molecule has 0 fully saturated rings. The fourth-order valence-electron chi connectivity index (χ4n) is 2.11. The maximum absolute atomic E-state index is 12.2. The fourth-order valence-corrected chi connectivity index (χ4v) is 2.11. The number of amides is 1. The first kappa shape index (κ1) is 20.6. The molecule has 22 heavy (non-hydrogen) atoms. The molecule has 0 aromatic heterocycles. The van der Waals surface area contributed by atoms with Crippen LogP contribution in [-0.4, -0.2) is 23.6 Å². The predicted octanol–water partition coefficient (Wildman–Crippen LogP) is 5.48. The molecule has 1 amide bonds. The molecule has 0 rings (SSSR count). The highest BCUT2D eigenvalue weighted by molar-refractivity contribution is 5.79. The number of carbonyl (C=O) groups excluding carboxylic acids is 1. The number of rotatable bonds is 10. The summed E-state index contributed by atoms with van der Waals surface area (Å²) < 4.78 is 0. The van der Waals surface area contributed by atoms with Gasteiger partial charge >= 0.3 is 0 Å². The van der Waals surface area contributed by atoms with Gasteiger partial charge in [-0.1, -0.05) is 39.7 Å². The van der Waals surface area contributed by atoms with E-state index in [4.69, 9.17) is 0 Å². The second-order valence-corrected chi connectivity index (χ2v) is 5.75. The molecule has 0 saturated carbocycles. The molecule has 0 spiro atoms. The molecular weight excluding hydrogens is 272 g/mol. The van der Waals surface area contributed by atoms with Crippen LogP contribution >= 0.6 is 0 Å². The van der Waals surface area contributed by atoms with Crippen LogP contribution in [0.25, 0.3) is 0 Å². The third-order valence-corrected chi connectivity index (χ3v) is 3.70. The van der Waals surface area contributed by atoms with Crippen molar-refractivity contribution in [2.45, 2.75) is 80.1 Å². The number of carbonyl (C=O) groups is 1. The number of unbranched alkanes of at least 4 members (excludes halogenated alkanes) is 1. The SMILES string of the molecule is CCCC/C(C)=C/C=N\C(=C(/C)CC)N(CCC)C(=O)CC. The first-order chi connectivity index (χ1) is 10.5. The van der Waals surface area contributed by atoms with Gasteiger partial charge in [0.1, 0.15) is 5.82 Å². The summed E-state index contributed by atoms with van der Waals surface area (Å²) in [5.41, 5.74) is 2.49. The maximum atomic E-state index is 12.2. The number of nitrogens with zero attached hydrogens (tertiary/aromatic N) is 2. The van der Waals surface area contributed by atoms with Crippen LogP contribution in [0.2, 0.25) is 0 Å². The van der Waals surface area contributed by atoms with Crippen molar-refractivity contribution in [1.29, 1.82) is 0 Å². The second kappa shape index (κ2) is 12.2. The molecule has 0 N–H and O–H groups in total. The minimum Gasteiger partial charge on any atom is -0.297 e. The summed E-state index contributed by atoms with van der Waals surface area (Å²) >= 11 is 0. The van der Waals surface area contributed by atoms with Crippen LogP contribution in [0, 0.1) is 0 Å². The van der Waals surface area contributed by atoms with Crippen molar-refractivity contribution in [3.8, 4) is 0 Å². The van der Waals surface area contributed by atoms with Crippen molar-refractivity contribution in [1.82, 2.24) is 4.90 Å². The molecule has 0 heterocycles. The summed E-state index contributed by atoms with van der Waals surface area (Å²) in [6.45, 7) is 13.2. The van der Waals surface area contributed by atoms with E-state index in [1.807, 2.05) is 18.0 Å². The van der Waals surface area contributed by atoms with Crippen molar-refractivity contribution >= 4 is 12.1 Å². The van der Waals surface area contributed by atoms with Crippen molar-refractivity contribution in [3.63, 3.8) is 0 Å². The number of hydrogen-bond acceptors (Lipinski definition) is 2. The van der Waals surface area contributed by atoms with Gasteiger partial charge in [-0.25, -0.2) is 4.99 Å². The van der Waals surface area contributed by atoms with Crippen LogP contribution in [0.3, 0.4) is 0 Å². The Labute approximate surface area is 137 Å². The van der Waals surface area contributed by atoms with Gasteiger partial charge in [0.05, 0.1) is 0 Å². The van der Waals surface area contributed by atoms with Crippen molar-refractivity contribution in [3.05, 3.63) is 23.0 Å². The van der Waals surface area contributed by atoms with E-state index in [1.165, 1.54) is 18.4 Å². The zero-order valence-corrected chi connectivity index (χ0v) is 15.4. The van der Waals surface area contributed by atoms with Gasteiger partial charge in [-0.05, 0) is 51.2 Å². The topological polar surface area (TPSA) is 32.7 Å². The van der Waals surface area contributed by atoms with Gasteiger partial charge in [0.25, 0.3) is 0 Å². The van der Waals surface area contributed by atoms with Gasteiger partial charge in [0, 0.05) is 19.2 Å². The normalized spacial score (nSPS) is 13.5. The van der Waals surface area contributed by atoms with Crippen LogP contribution in [0.1, 0.15) is 80.1 Å². The minimum atomic E-state index is 0.147. The Bertz CT molecular complexity index is 419. The van der Waals surface area contributed by atoms with Crippen molar-refractivity contribution in [2.24, 2.45) is 4.99 Å². The molecule has 126 valence electrons. The third kappa shape index (κ3) is 7.58. The van der Waals surface area contributed by atoms with Crippen LogP contribution in [0.15, 0.2) is 28.0 Å². The largest absolute Gasteiger partial charge is 0.297 e. The first-order valence-corrected chi connectivity index (χ1v) is 8.71. The molecule has 0 bridgehead atoms. The van der Waals surface area contributed by atoms with Crippen LogP contribution in [-0.2, 0) is 4.79 Å². The summed E-state index contributed by atoms with van der Waals surface area (Å²) in [5.74, 6) is 0.976. The quantitative estimate of drug-likeness (QED) is 0.492. The lowest BCUT2D eigenvalue weighted by Crippen LogP contribution is -2.30. The molecule has 0 atom stereocenters. The first-order valence-electron chi connectivity index (χ1n) is 8.71. The van der Waals surface area contributed by atoms with E-state index in [1.54, 1.807) is 0 Å². The molecule has 0 aromatic carbocycles. The molecule has 3 nitrogen and oxygen atoms in total. The van der Waals surface area contributed by atoms with E-state index in [0.29, 0.717) is 6.42 Å². The minimum absolute atomic E-state index is 0.147. The Hall–Kier alpha value is -1.38. The van der Waals surface area contributed by atoms with Gasteiger partial charge in [-0.2, -0.15) is 0 Å². The molecule has 0 aliphatic rings. The summed E-state index contributed by atoms with van der Waals surface area (Å²) in [7, 11) is 0. The number of allylic oxidation sites excluding steroid dienone is 3. The van der Waals surface area contributed by atoms with Crippen molar-refractivity contribution in [2.75, 3.05) is 6.54 Å². The fraction of sp³-hybridized carbons (Fsp3) is 0.684. The molecule has 0 radical (unpaired) electrons. The van der Waals surface area contributed by atoms with Crippen LogP contribution in [0.4, 0.5) is 0 Å². The van der Waals surface area contributed by atoms with Crippen LogP contribution in [0.5, 0.6) is 0 Å². The summed E-state index contributed by atoms with van der Waals surface area (Å²) in [6.07, 6.45) is 9.81. The lowest BCUT2D eigenvalue weighted by Gasteiger charge is -2.23. The molecule has 0 aromatic rings. The lowest BCUT2D eigenvalue weighted by molar-refractivity contribution is -0.129. The Kier molecular flexibility index (Phi) is 11.4. The molecule has 0 aliphatic carbocycles. The number of hydrogen-bond donors (Lipinski definition) is 0. The molecule has 0 aliphatic heterocycles. The number of aliphatic imine (C=N–C) groups is 1. The van der Waals surface area contributed by atoms with Gasteiger partial charge in [0.15, 0.2) is 0 Å². The molecular formula is C19H34N2O. The van der Waals surface area contributed by atoms with E-state index in [9.17, 15) is 4.79 Å². The Balaban J connectivity index is 5.26. The maximum Gasteiger partial charge on any atom is 0.227 e. The van der Waals surface area contributed by atoms with Gasteiger partial charge < -0.3 is 0 Å². The zero-order valence-electron chi connectivity index (χ0n) is 15.4. The smallest absolute Gasteiger partial charge is 0.227 e. The van der Waals surface area contributed by atoms with E-state index in [2.05, 4.69) is 45.7 Å². The highest BCUT2D eigenvalue weighted by Gasteiger charge is 2.16. The Morgan fingerprint density at radius 1 is 1.05 bits per heavy atom. The van der Waals surface area contributed by atoms with Crippen molar-refractivity contribution < 1.29 is 4.79 Å². The summed E-state index contributed by atoms with van der Waals surface area (Å²) in [6, 6.07) is 0. The van der Waals surface area contributed by atoms with E-state index >= 15 is 0 Å². The highest BCUT2D eigenvalue weighted by Crippen LogP contribution is 2.17. The average Bonchev–Trinajstić information content (AvgIpc) is 2.53. The molecule has 0 saturated heterocycles. The second-order valence-electron chi connectivity index (χ2n) is 5.75. The van der Waals surface area contributed by atoms with Gasteiger partial charge in [-0.15, -0.1) is 0 Å². The molecule has 0 unspecified atom stereocenters. The van der Waals surface area contributed by atoms with Gasteiger partial charge in [0.2, 0.25) is 5.91 Å². The van der Waals surface area contributed by atoms with E-state index < -0.39 is 0 Å². The van der Waals surface area contributed by atoms with Crippen LogP contribution < -0.4 is 0 Å². The predicted molar refractivity (Wildman–Crippen MR) is 97.1 cm³/mol. The monoisotopic (exact) mass is 306 g/mol. The molecule has 3 heteroatoms. The zero-order chi connectivity index (χ0) is 17.0. The van der Waals surface area contributed by atoms with E-state index in [0.717, 1.165) is 37.2 Å². The summed E-state index contributed by atoms with van der Waals surface area (Å²) in [5, 5.41) is 0. The Morgan fingerprint density at radius 2 is 1.73 bits per heavy atom.